The summed E-state index contributed by atoms with van der Waals surface area (Å²) in [5.41, 5.74) is 1.13. The van der Waals surface area contributed by atoms with E-state index in [0.717, 1.165) is 12.1 Å². The van der Waals surface area contributed by atoms with Gasteiger partial charge in [0, 0.05) is 11.9 Å². The van der Waals surface area contributed by atoms with E-state index in [-0.39, 0.29) is 0 Å². The van der Waals surface area contributed by atoms with Gasteiger partial charge < -0.3 is 0 Å². The summed E-state index contributed by atoms with van der Waals surface area (Å²) in [6, 6.07) is 0. The molecule has 0 atom stereocenters. The molecule has 1 nitrogen and oxygen atoms in total. The maximum atomic E-state index is 4.16. The number of aliphatic imine (C=N–C) groups is 1. The van der Waals surface area contributed by atoms with Crippen LogP contribution < -0.4 is 0 Å². The summed E-state index contributed by atoms with van der Waals surface area (Å²) < 4.78 is 0. The van der Waals surface area contributed by atoms with Gasteiger partial charge in [-0.25, -0.2) is 0 Å². The highest BCUT2D eigenvalue weighted by molar-refractivity contribution is 5.55. The molecule has 0 N–H and O–H groups in total. The van der Waals surface area contributed by atoms with Gasteiger partial charge in [-0.2, -0.15) is 0 Å². The third kappa shape index (κ3) is 4.07. The van der Waals surface area contributed by atoms with Gasteiger partial charge >= 0.3 is 0 Å². The van der Waals surface area contributed by atoms with E-state index >= 15 is 0 Å². The Labute approximate surface area is 63.2 Å². The van der Waals surface area contributed by atoms with Gasteiger partial charge in [0.1, 0.15) is 0 Å². The fourth-order valence-electron chi connectivity index (χ4n) is 0.625. The fourth-order valence-corrected chi connectivity index (χ4v) is 0.625. The van der Waals surface area contributed by atoms with Gasteiger partial charge in [-0.3, -0.25) is 4.99 Å². The summed E-state index contributed by atoms with van der Waals surface area (Å²) in [6.07, 6.45) is 8.85. The molecule has 0 saturated heterocycles. The van der Waals surface area contributed by atoms with Crippen LogP contribution in [0.4, 0.5) is 0 Å². The van der Waals surface area contributed by atoms with E-state index in [1.807, 2.05) is 38.3 Å². The van der Waals surface area contributed by atoms with Crippen LogP contribution in [-0.2, 0) is 0 Å². The van der Waals surface area contributed by atoms with Crippen molar-refractivity contribution in [1.82, 2.24) is 0 Å². The molecule has 0 saturated carbocycles. The molecule has 0 unspecified atom stereocenters. The minimum atomic E-state index is 0.995. The van der Waals surface area contributed by atoms with Crippen molar-refractivity contribution in [3.8, 4) is 0 Å². The van der Waals surface area contributed by atoms with Crippen molar-refractivity contribution in [3.63, 3.8) is 0 Å². The monoisotopic (exact) mass is 137 g/mol. The number of nitrogens with zero attached hydrogens (tertiary/aromatic N) is 1. The highest BCUT2D eigenvalue weighted by atomic mass is 14.7. The van der Waals surface area contributed by atoms with Crippen LogP contribution in [0.1, 0.15) is 27.2 Å². The Hall–Kier alpha value is -0.850. The zero-order chi connectivity index (χ0) is 7.82. The Balaban J connectivity index is 4.04. The minimum absolute atomic E-state index is 0.995. The van der Waals surface area contributed by atoms with Crippen molar-refractivity contribution in [1.29, 1.82) is 0 Å². The Kier molecular flexibility index (Phi) is 5.74. The van der Waals surface area contributed by atoms with E-state index in [1.165, 1.54) is 0 Å². The summed E-state index contributed by atoms with van der Waals surface area (Å²) in [7, 11) is 0. The highest BCUT2D eigenvalue weighted by Crippen LogP contribution is 2.00. The first-order chi connectivity index (χ1) is 4.85. The van der Waals surface area contributed by atoms with E-state index in [0.29, 0.717) is 0 Å². The highest BCUT2D eigenvalue weighted by Gasteiger charge is 1.82. The molecule has 0 aliphatic heterocycles. The topological polar surface area (TPSA) is 12.4 Å². The van der Waals surface area contributed by atoms with Crippen LogP contribution in [0.2, 0.25) is 0 Å². The normalized spacial score (nSPS) is 13.7. The molecule has 0 aliphatic carbocycles. The van der Waals surface area contributed by atoms with E-state index < -0.39 is 0 Å². The summed E-state index contributed by atoms with van der Waals surface area (Å²) in [6.45, 7) is 6.03. The molecule has 0 aromatic rings. The van der Waals surface area contributed by atoms with Gasteiger partial charge in [-0.05, 0) is 26.3 Å². The Morgan fingerprint density at radius 3 is 2.50 bits per heavy atom. The maximum Gasteiger partial charge on any atom is 0.0396 e. The Morgan fingerprint density at radius 1 is 1.40 bits per heavy atom. The molecule has 0 fully saturated rings. The minimum Gasteiger partial charge on any atom is -0.266 e. The van der Waals surface area contributed by atoms with Gasteiger partial charge in [0.15, 0.2) is 0 Å². The zero-order valence-corrected chi connectivity index (χ0v) is 6.96. The molecule has 0 rings (SSSR count). The first-order valence-corrected chi connectivity index (χ1v) is 3.65. The van der Waals surface area contributed by atoms with Crippen LogP contribution in [0.5, 0.6) is 0 Å². The second kappa shape index (κ2) is 6.27. The van der Waals surface area contributed by atoms with Crippen LogP contribution in [0, 0.1) is 0 Å². The number of hydrogen-bond donors (Lipinski definition) is 0. The lowest BCUT2D eigenvalue weighted by molar-refractivity contribution is 1.07. The van der Waals surface area contributed by atoms with Crippen molar-refractivity contribution in [2.45, 2.75) is 27.2 Å². The molecular weight excluding hydrogens is 122 g/mol. The zero-order valence-electron chi connectivity index (χ0n) is 6.96. The van der Waals surface area contributed by atoms with E-state index in [2.05, 4.69) is 11.9 Å². The first-order valence-electron chi connectivity index (χ1n) is 3.65. The second-order valence-electron chi connectivity index (χ2n) is 1.92. The average molecular weight is 137 g/mol. The van der Waals surface area contributed by atoms with Crippen molar-refractivity contribution < 1.29 is 0 Å². The van der Waals surface area contributed by atoms with Crippen LogP contribution in [-0.4, -0.2) is 6.21 Å². The quantitative estimate of drug-likeness (QED) is 0.419. The number of rotatable bonds is 3. The van der Waals surface area contributed by atoms with Gasteiger partial charge in [0.2, 0.25) is 0 Å². The molecule has 0 spiro atoms. The SMILES string of the molecule is C\C=C/C=C(CC)/N=C\C. The van der Waals surface area contributed by atoms with Gasteiger partial charge in [-0.15, -0.1) is 0 Å². The van der Waals surface area contributed by atoms with Crippen LogP contribution in [0.25, 0.3) is 0 Å². The van der Waals surface area contributed by atoms with E-state index in [9.17, 15) is 0 Å². The smallest absolute Gasteiger partial charge is 0.0396 e. The Bertz CT molecular complexity index is 152. The lowest BCUT2D eigenvalue weighted by Gasteiger charge is -1.91. The van der Waals surface area contributed by atoms with Crippen LogP contribution in [0.15, 0.2) is 28.9 Å². The molecule has 1 heteroatoms. The lowest BCUT2D eigenvalue weighted by Crippen LogP contribution is -1.73. The van der Waals surface area contributed by atoms with E-state index in [1.54, 1.807) is 0 Å². The predicted molar refractivity (Wildman–Crippen MR) is 47.4 cm³/mol. The summed E-state index contributed by atoms with van der Waals surface area (Å²) in [5.74, 6) is 0. The summed E-state index contributed by atoms with van der Waals surface area (Å²) >= 11 is 0. The molecule has 0 radical (unpaired) electrons. The molecule has 10 heavy (non-hydrogen) atoms. The molecule has 0 aromatic heterocycles. The maximum absolute atomic E-state index is 4.16. The molecule has 0 aliphatic rings. The molecule has 0 bridgehead atoms. The predicted octanol–water partition coefficient (Wildman–Crippen LogP) is 2.95. The third-order valence-electron chi connectivity index (χ3n) is 1.14. The molecule has 56 valence electrons. The standard InChI is InChI=1S/C9H15N/c1-4-7-8-9(5-2)10-6-3/h4,6-8H,5H2,1-3H3/b7-4-,9-8+,10-6-. The number of hydrogen-bond acceptors (Lipinski definition) is 1. The summed E-state index contributed by atoms with van der Waals surface area (Å²) in [5, 5.41) is 0. The van der Waals surface area contributed by atoms with Crippen molar-refractivity contribution >= 4 is 6.21 Å². The van der Waals surface area contributed by atoms with Crippen LogP contribution in [0.3, 0.4) is 0 Å². The van der Waals surface area contributed by atoms with Crippen molar-refractivity contribution in [2.24, 2.45) is 4.99 Å². The van der Waals surface area contributed by atoms with Crippen molar-refractivity contribution in [2.75, 3.05) is 0 Å². The fraction of sp³-hybridized carbons (Fsp3) is 0.444. The Morgan fingerprint density at radius 2 is 2.10 bits per heavy atom. The van der Waals surface area contributed by atoms with Gasteiger partial charge in [-0.1, -0.05) is 19.1 Å². The third-order valence-corrected chi connectivity index (χ3v) is 1.14. The molecule has 0 heterocycles. The summed E-state index contributed by atoms with van der Waals surface area (Å²) in [4.78, 5) is 4.16. The first kappa shape index (κ1) is 9.15. The van der Waals surface area contributed by atoms with Gasteiger partial charge in [0.05, 0.1) is 0 Å². The number of allylic oxidation sites excluding steroid dienone is 4. The van der Waals surface area contributed by atoms with E-state index in [4.69, 9.17) is 0 Å². The molecule has 0 aromatic carbocycles. The largest absolute Gasteiger partial charge is 0.266 e. The van der Waals surface area contributed by atoms with Crippen LogP contribution >= 0.6 is 0 Å². The van der Waals surface area contributed by atoms with Gasteiger partial charge in [0.25, 0.3) is 0 Å². The lowest BCUT2D eigenvalue weighted by atomic mass is 10.3. The molecule has 0 amide bonds. The average Bonchev–Trinajstić information content (AvgIpc) is 1.98. The second-order valence-corrected chi connectivity index (χ2v) is 1.92. The van der Waals surface area contributed by atoms with Crippen molar-refractivity contribution in [3.05, 3.63) is 23.9 Å². The molecular formula is C9H15N.